The van der Waals surface area contributed by atoms with Gasteiger partial charge in [0.1, 0.15) is 6.04 Å². The second-order valence-corrected chi connectivity index (χ2v) is 6.59. The first-order valence-corrected chi connectivity index (χ1v) is 9.04. The molecule has 0 aromatic carbocycles. The Hall–Kier alpha value is -1.87. The van der Waals surface area contributed by atoms with Crippen molar-refractivity contribution in [2.75, 3.05) is 12.3 Å². The lowest BCUT2D eigenvalue weighted by Crippen LogP contribution is -2.45. The molecule has 0 saturated carbocycles. The van der Waals surface area contributed by atoms with Gasteiger partial charge in [-0.1, -0.05) is 24.8 Å². The maximum absolute atomic E-state index is 11.8. The van der Waals surface area contributed by atoms with Gasteiger partial charge < -0.3 is 15.1 Å². The fraction of sp³-hybridized carbons (Fsp3) is 0.429. The number of hydrogen-bond donors (Lipinski definition) is 2. The van der Waals surface area contributed by atoms with Gasteiger partial charge in [-0.05, 0) is 24.8 Å². The Morgan fingerprint density at radius 1 is 1.43 bits per heavy atom. The average molecular weight is 354 g/mol. The first kappa shape index (κ1) is 17.5. The first-order valence-electron chi connectivity index (χ1n) is 7.17. The first-order chi connectivity index (χ1) is 11.1. The van der Waals surface area contributed by atoms with Crippen molar-refractivity contribution in [2.45, 2.75) is 31.5 Å². The number of nitrogens with one attached hydrogen (secondary N) is 2. The van der Waals surface area contributed by atoms with E-state index in [1.807, 2.05) is 24.4 Å². The van der Waals surface area contributed by atoms with E-state index >= 15 is 0 Å². The number of hydrogen-bond acceptors (Lipinski definition) is 7. The van der Waals surface area contributed by atoms with Crippen LogP contribution < -0.4 is 10.6 Å². The van der Waals surface area contributed by atoms with Gasteiger partial charge in [0.2, 0.25) is 11.8 Å². The molecule has 0 aliphatic carbocycles. The van der Waals surface area contributed by atoms with Crippen LogP contribution in [0.4, 0.5) is 0 Å². The van der Waals surface area contributed by atoms with Gasteiger partial charge >= 0.3 is 0 Å². The molecule has 2 amide bonds. The molecule has 124 valence electrons. The van der Waals surface area contributed by atoms with Crippen LogP contribution in [0.15, 0.2) is 27.2 Å². The SMILES string of the molecule is CCCNC(=O)[C@H](C)NC(=O)CSc1nnc(-c2cccs2)o1. The summed E-state index contributed by atoms with van der Waals surface area (Å²) in [5, 5.41) is 15.4. The number of aromatic nitrogens is 2. The highest BCUT2D eigenvalue weighted by Crippen LogP contribution is 2.26. The fourth-order valence-electron chi connectivity index (χ4n) is 1.65. The Labute approximate surface area is 142 Å². The Balaban J connectivity index is 1.77. The number of rotatable bonds is 8. The second kappa shape index (κ2) is 8.68. The number of nitrogens with zero attached hydrogens (tertiary/aromatic N) is 2. The number of carbonyl (C=O) groups is 2. The number of thioether (sulfide) groups is 1. The highest BCUT2D eigenvalue weighted by Gasteiger charge is 2.16. The summed E-state index contributed by atoms with van der Waals surface area (Å²) in [7, 11) is 0. The summed E-state index contributed by atoms with van der Waals surface area (Å²) in [6.45, 7) is 4.21. The van der Waals surface area contributed by atoms with E-state index in [1.165, 1.54) is 11.3 Å². The largest absolute Gasteiger partial charge is 0.410 e. The molecule has 0 saturated heterocycles. The summed E-state index contributed by atoms with van der Waals surface area (Å²) in [6, 6.07) is 3.21. The molecule has 0 unspecified atom stereocenters. The summed E-state index contributed by atoms with van der Waals surface area (Å²) >= 11 is 2.64. The monoisotopic (exact) mass is 354 g/mol. The number of amides is 2. The third-order valence-corrected chi connectivity index (χ3v) is 4.46. The predicted molar refractivity (Wildman–Crippen MR) is 89.2 cm³/mol. The van der Waals surface area contributed by atoms with Gasteiger partial charge in [-0.15, -0.1) is 21.5 Å². The van der Waals surface area contributed by atoms with E-state index < -0.39 is 6.04 Å². The lowest BCUT2D eigenvalue weighted by molar-refractivity contribution is -0.127. The third-order valence-electron chi connectivity index (χ3n) is 2.79. The molecule has 0 aliphatic heterocycles. The van der Waals surface area contributed by atoms with Crippen LogP contribution in [0.25, 0.3) is 10.8 Å². The highest BCUT2D eigenvalue weighted by molar-refractivity contribution is 7.99. The van der Waals surface area contributed by atoms with Crippen molar-refractivity contribution in [1.29, 1.82) is 0 Å². The maximum Gasteiger partial charge on any atom is 0.277 e. The van der Waals surface area contributed by atoms with E-state index in [9.17, 15) is 9.59 Å². The maximum atomic E-state index is 11.8. The zero-order valence-corrected chi connectivity index (χ0v) is 14.5. The average Bonchev–Trinajstić information content (AvgIpc) is 3.21. The molecule has 0 spiro atoms. The Bertz CT molecular complexity index is 642. The molecule has 23 heavy (non-hydrogen) atoms. The molecular weight excluding hydrogens is 336 g/mol. The van der Waals surface area contributed by atoms with E-state index in [2.05, 4.69) is 20.8 Å². The van der Waals surface area contributed by atoms with Crippen LogP contribution >= 0.6 is 23.1 Å². The molecule has 2 aromatic heterocycles. The molecule has 2 heterocycles. The number of thiophene rings is 1. The van der Waals surface area contributed by atoms with Crippen LogP contribution in [0.2, 0.25) is 0 Å². The lowest BCUT2D eigenvalue weighted by atomic mass is 10.3. The lowest BCUT2D eigenvalue weighted by Gasteiger charge is -2.13. The van der Waals surface area contributed by atoms with Gasteiger partial charge in [0.15, 0.2) is 0 Å². The molecule has 2 aromatic rings. The standard InChI is InChI=1S/C14H18N4O3S2/c1-3-6-15-12(20)9(2)16-11(19)8-23-14-18-17-13(21-14)10-5-4-7-22-10/h4-5,7,9H,3,6,8H2,1-2H3,(H,15,20)(H,16,19)/t9-/m0/s1. The van der Waals surface area contributed by atoms with Crippen molar-refractivity contribution in [3.8, 4) is 10.8 Å². The molecule has 2 rings (SSSR count). The zero-order valence-electron chi connectivity index (χ0n) is 12.9. The normalized spacial score (nSPS) is 11.9. The van der Waals surface area contributed by atoms with Gasteiger partial charge in [0.05, 0.1) is 10.6 Å². The Kier molecular flexibility index (Phi) is 6.60. The van der Waals surface area contributed by atoms with E-state index in [0.717, 1.165) is 23.1 Å². The molecule has 0 aliphatic rings. The number of carbonyl (C=O) groups excluding carboxylic acids is 2. The van der Waals surface area contributed by atoms with Crippen molar-refractivity contribution >= 4 is 34.9 Å². The summed E-state index contributed by atoms with van der Waals surface area (Å²) in [4.78, 5) is 24.4. The summed E-state index contributed by atoms with van der Waals surface area (Å²) in [6.07, 6.45) is 0.853. The van der Waals surface area contributed by atoms with Crippen LogP contribution in [-0.4, -0.2) is 40.4 Å². The molecule has 7 nitrogen and oxygen atoms in total. The van der Waals surface area contributed by atoms with E-state index in [4.69, 9.17) is 4.42 Å². The zero-order chi connectivity index (χ0) is 16.7. The van der Waals surface area contributed by atoms with Crippen molar-refractivity contribution in [3.05, 3.63) is 17.5 Å². The molecule has 2 N–H and O–H groups in total. The molecule has 0 bridgehead atoms. The van der Waals surface area contributed by atoms with Gasteiger partial charge in [-0.3, -0.25) is 9.59 Å². The van der Waals surface area contributed by atoms with Gasteiger partial charge in [-0.2, -0.15) is 0 Å². The molecule has 0 fully saturated rings. The smallest absolute Gasteiger partial charge is 0.277 e. The minimum absolute atomic E-state index is 0.109. The van der Waals surface area contributed by atoms with Crippen LogP contribution in [0.5, 0.6) is 0 Å². The van der Waals surface area contributed by atoms with Crippen LogP contribution in [0, 0.1) is 0 Å². The minimum atomic E-state index is -0.570. The van der Waals surface area contributed by atoms with Crippen LogP contribution in [0.1, 0.15) is 20.3 Å². The van der Waals surface area contributed by atoms with Gasteiger partial charge in [0, 0.05) is 6.54 Å². The third kappa shape index (κ3) is 5.36. The van der Waals surface area contributed by atoms with Crippen molar-refractivity contribution in [1.82, 2.24) is 20.8 Å². The Morgan fingerprint density at radius 2 is 2.26 bits per heavy atom. The summed E-state index contributed by atoms with van der Waals surface area (Å²) in [5.41, 5.74) is 0. The molecule has 1 atom stereocenters. The second-order valence-electron chi connectivity index (χ2n) is 4.72. The summed E-state index contributed by atoms with van der Waals surface area (Å²) < 4.78 is 5.48. The topological polar surface area (TPSA) is 97.1 Å². The quantitative estimate of drug-likeness (QED) is 0.703. The summed E-state index contributed by atoms with van der Waals surface area (Å²) in [5.74, 6) is 0.0977. The van der Waals surface area contributed by atoms with E-state index in [0.29, 0.717) is 17.7 Å². The Morgan fingerprint density at radius 3 is 2.96 bits per heavy atom. The molecule has 9 heteroatoms. The highest BCUT2D eigenvalue weighted by atomic mass is 32.2. The van der Waals surface area contributed by atoms with Crippen LogP contribution in [-0.2, 0) is 9.59 Å². The van der Waals surface area contributed by atoms with Crippen molar-refractivity contribution < 1.29 is 14.0 Å². The van der Waals surface area contributed by atoms with E-state index in [-0.39, 0.29) is 17.6 Å². The van der Waals surface area contributed by atoms with Gasteiger partial charge in [-0.25, -0.2) is 0 Å². The minimum Gasteiger partial charge on any atom is -0.410 e. The van der Waals surface area contributed by atoms with Crippen molar-refractivity contribution in [2.24, 2.45) is 0 Å². The molecule has 0 radical (unpaired) electrons. The van der Waals surface area contributed by atoms with E-state index in [1.54, 1.807) is 6.92 Å². The predicted octanol–water partition coefficient (Wildman–Crippen LogP) is 1.92. The fourth-order valence-corrected chi connectivity index (χ4v) is 2.86. The van der Waals surface area contributed by atoms with Crippen LogP contribution in [0.3, 0.4) is 0 Å². The van der Waals surface area contributed by atoms with Gasteiger partial charge in [0.25, 0.3) is 11.1 Å². The van der Waals surface area contributed by atoms with Crippen molar-refractivity contribution in [3.63, 3.8) is 0 Å². The molecular formula is C14H18N4O3S2.